The van der Waals surface area contributed by atoms with Crippen molar-refractivity contribution in [3.8, 4) is 0 Å². The molecule has 1 fully saturated rings. The zero-order valence-corrected chi connectivity index (χ0v) is 14.4. The largest absolute Gasteiger partial charge is 0.338 e. The molecule has 2 N–H and O–H groups in total. The Morgan fingerprint density at radius 2 is 2.13 bits per heavy atom. The van der Waals surface area contributed by atoms with E-state index in [0.717, 1.165) is 29.1 Å². The molecule has 0 radical (unpaired) electrons. The van der Waals surface area contributed by atoms with Crippen LogP contribution in [0.3, 0.4) is 0 Å². The summed E-state index contributed by atoms with van der Waals surface area (Å²) in [6.07, 6.45) is 3.58. The Labute approximate surface area is 141 Å². The predicted octanol–water partition coefficient (Wildman–Crippen LogP) is 3.54. The number of hydrogen-bond acceptors (Lipinski definition) is 4. The monoisotopic (exact) mass is 332 g/mol. The van der Waals surface area contributed by atoms with Crippen LogP contribution in [-0.4, -0.2) is 42.1 Å². The number of benzene rings is 1. The maximum absolute atomic E-state index is 11.9. The first kappa shape index (κ1) is 16.2. The molecule has 0 unspecified atom stereocenters. The summed E-state index contributed by atoms with van der Waals surface area (Å²) in [7, 11) is 0. The average molecular weight is 332 g/mol. The van der Waals surface area contributed by atoms with Gasteiger partial charge in [-0.15, -0.1) is 0 Å². The van der Waals surface area contributed by atoms with Gasteiger partial charge in [-0.05, 0) is 56.9 Å². The molecular weight excluding hydrogens is 308 g/mol. The number of amides is 2. The van der Waals surface area contributed by atoms with Gasteiger partial charge in [0.2, 0.25) is 0 Å². The van der Waals surface area contributed by atoms with Crippen molar-refractivity contribution in [1.29, 1.82) is 0 Å². The van der Waals surface area contributed by atoms with Gasteiger partial charge in [-0.25, -0.2) is 9.78 Å². The van der Waals surface area contributed by atoms with Gasteiger partial charge in [0.05, 0.1) is 10.2 Å². The van der Waals surface area contributed by atoms with Crippen LogP contribution >= 0.6 is 11.3 Å². The van der Waals surface area contributed by atoms with Crippen LogP contribution in [0.25, 0.3) is 10.2 Å². The number of anilines is 1. The molecule has 1 aliphatic rings. The fraction of sp³-hybridized carbons (Fsp3) is 0.529. The molecule has 1 aromatic heterocycles. The second-order valence-electron chi connectivity index (χ2n) is 6.25. The molecule has 6 heteroatoms. The van der Waals surface area contributed by atoms with Crippen molar-refractivity contribution in [2.45, 2.75) is 26.2 Å². The molecule has 23 heavy (non-hydrogen) atoms. The number of carbonyl (C=O) groups excluding carboxylic acids is 1. The maximum atomic E-state index is 11.9. The van der Waals surface area contributed by atoms with Crippen LogP contribution in [-0.2, 0) is 0 Å². The van der Waals surface area contributed by atoms with Gasteiger partial charge in [-0.1, -0.05) is 30.4 Å². The van der Waals surface area contributed by atoms with Crippen molar-refractivity contribution < 1.29 is 4.79 Å². The second kappa shape index (κ2) is 7.75. The first-order valence-corrected chi connectivity index (χ1v) is 9.15. The third kappa shape index (κ3) is 4.65. The van der Waals surface area contributed by atoms with Crippen molar-refractivity contribution in [3.05, 3.63) is 24.3 Å². The lowest BCUT2D eigenvalue weighted by molar-refractivity contribution is 0.190. The number of hydrogen-bond donors (Lipinski definition) is 2. The van der Waals surface area contributed by atoms with E-state index in [1.54, 1.807) is 0 Å². The molecule has 0 spiro atoms. The second-order valence-corrected chi connectivity index (χ2v) is 7.28. The number of carbonyl (C=O) groups is 1. The molecule has 1 aromatic carbocycles. The fourth-order valence-electron chi connectivity index (χ4n) is 2.86. The van der Waals surface area contributed by atoms with E-state index in [-0.39, 0.29) is 6.03 Å². The lowest BCUT2D eigenvalue weighted by atomic mass is 9.99. The summed E-state index contributed by atoms with van der Waals surface area (Å²) >= 11 is 1.50. The Balaban J connectivity index is 1.36. The molecule has 3 rings (SSSR count). The van der Waals surface area contributed by atoms with Crippen molar-refractivity contribution in [2.24, 2.45) is 5.92 Å². The highest BCUT2D eigenvalue weighted by atomic mass is 32.1. The van der Waals surface area contributed by atoms with Crippen LogP contribution in [0.4, 0.5) is 9.93 Å². The van der Waals surface area contributed by atoms with Crippen molar-refractivity contribution in [1.82, 2.24) is 15.2 Å². The lowest BCUT2D eigenvalue weighted by Gasteiger charge is -2.30. The highest BCUT2D eigenvalue weighted by molar-refractivity contribution is 7.22. The lowest BCUT2D eigenvalue weighted by Crippen LogP contribution is -2.36. The van der Waals surface area contributed by atoms with Crippen molar-refractivity contribution in [2.75, 3.05) is 31.5 Å². The van der Waals surface area contributed by atoms with Gasteiger partial charge < -0.3 is 10.2 Å². The minimum atomic E-state index is -0.170. The first-order chi connectivity index (χ1) is 11.2. The van der Waals surface area contributed by atoms with Crippen molar-refractivity contribution in [3.63, 3.8) is 0 Å². The van der Waals surface area contributed by atoms with Gasteiger partial charge in [-0.3, -0.25) is 5.32 Å². The quantitative estimate of drug-likeness (QED) is 0.824. The molecule has 0 bridgehead atoms. The smallest absolute Gasteiger partial charge is 0.321 e. The number of urea groups is 1. The molecule has 2 heterocycles. The van der Waals surface area contributed by atoms with E-state index in [0.29, 0.717) is 11.7 Å². The molecule has 0 saturated carbocycles. The minimum absolute atomic E-state index is 0.170. The Morgan fingerprint density at radius 1 is 1.35 bits per heavy atom. The van der Waals surface area contributed by atoms with Gasteiger partial charge in [-0.2, -0.15) is 0 Å². The average Bonchev–Trinajstić information content (AvgIpc) is 2.95. The van der Waals surface area contributed by atoms with E-state index in [2.05, 4.69) is 27.4 Å². The molecular formula is C17H24N4OS. The summed E-state index contributed by atoms with van der Waals surface area (Å²) in [5.74, 6) is 0.865. The van der Waals surface area contributed by atoms with E-state index in [1.807, 2.05) is 24.3 Å². The number of rotatable bonds is 5. The summed E-state index contributed by atoms with van der Waals surface area (Å²) in [4.78, 5) is 18.8. The molecule has 0 atom stereocenters. The molecule has 5 nitrogen and oxygen atoms in total. The van der Waals surface area contributed by atoms with Crippen molar-refractivity contribution >= 4 is 32.7 Å². The molecule has 2 aromatic rings. The van der Waals surface area contributed by atoms with E-state index in [4.69, 9.17) is 0 Å². The number of thiazole rings is 1. The van der Waals surface area contributed by atoms with Crippen LogP contribution in [0, 0.1) is 5.92 Å². The Hall–Kier alpha value is -1.66. The highest BCUT2D eigenvalue weighted by Crippen LogP contribution is 2.25. The van der Waals surface area contributed by atoms with Gasteiger partial charge in [0.25, 0.3) is 0 Å². The van der Waals surface area contributed by atoms with Crippen LogP contribution in [0.2, 0.25) is 0 Å². The van der Waals surface area contributed by atoms with Crippen LogP contribution in [0.5, 0.6) is 0 Å². The Bertz CT molecular complexity index is 616. The third-order valence-electron chi connectivity index (χ3n) is 4.33. The minimum Gasteiger partial charge on any atom is -0.338 e. The standard InChI is InChI=1S/C17H24N4OS/c1-13-7-11-21(12-8-13)10-4-9-18-16(22)20-17-19-14-5-2-3-6-15(14)23-17/h2-3,5-6,13H,4,7-12H2,1H3,(H2,18,19,20,22). The van der Waals surface area contributed by atoms with E-state index >= 15 is 0 Å². The number of aromatic nitrogens is 1. The van der Waals surface area contributed by atoms with E-state index in [1.165, 1.54) is 37.3 Å². The molecule has 2 amide bonds. The summed E-state index contributed by atoms with van der Waals surface area (Å²) in [5.41, 5.74) is 0.923. The predicted molar refractivity (Wildman–Crippen MR) is 96.1 cm³/mol. The summed E-state index contributed by atoms with van der Waals surface area (Å²) in [6, 6.07) is 7.72. The SMILES string of the molecule is CC1CCN(CCCNC(=O)Nc2nc3ccccc3s2)CC1. The zero-order chi connectivity index (χ0) is 16.1. The Kier molecular flexibility index (Phi) is 5.46. The van der Waals surface area contributed by atoms with Crippen LogP contribution in [0.1, 0.15) is 26.2 Å². The summed E-state index contributed by atoms with van der Waals surface area (Å²) < 4.78 is 1.09. The number of nitrogens with zero attached hydrogens (tertiary/aromatic N) is 2. The molecule has 124 valence electrons. The van der Waals surface area contributed by atoms with Crippen LogP contribution < -0.4 is 10.6 Å². The fourth-order valence-corrected chi connectivity index (χ4v) is 3.72. The number of nitrogens with one attached hydrogen (secondary N) is 2. The van der Waals surface area contributed by atoms with Gasteiger partial charge in [0, 0.05) is 6.54 Å². The van der Waals surface area contributed by atoms with Crippen LogP contribution in [0.15, 0.2) is 24.3 Å². The molecule has 1 saturated heterocycles. The van der Waals surface area contributed by atoms with Gasteiger partial charge in [0.1, 0.15) is 0 Å². The zero-order valence-electron chi connectivity index (χ0n) is 13.5. The molecule has 1 aliphatic heterocycles. The van der Waals surface area contributed by atoms with E-state index in [9.17, 15) is 4.79 Å². The summed E-state index contributed by atoms with van der Waals surface area (Å²) in [5, 5.41) is 6.38. The van der Waals surface area contributed by atoms with Gasteiger partial charge in [0.15, 0.2) is 5.13 Å². The number of piperidine rings is 1. The summed E-state index contributed by atoms with van der Waals surface area (Å²) in [6.45, 7) is 6.47. The number of fused-ring (bicyclic) bond motifs is 1. The van der Waals surface area contributed by atoms with Gasteiger partial charge >= 0.3 is 6.03 Å². The highest BCUT2D eigenvalue weighted by Gasteiger charge is 2.15. The maximum Gasteiger partial charge on any atom is 0.321 e. The topological polar surface area (TPSA) is 57.3 Å². The first-order valence-electron chi connectivity index (χ1n) is 8.33. The third-order valence-corrected chi connectivity index (χ3v) is 5.28. The normalized spacial score (nSPS) is 16.6. The number of likely N-dealkylation sites (tertiary alicyclic amines) is 1. The number of para-hydroxylation sites is 1. The van der Waals surface area contributed by atoms with E-state index < -0.39 is 0 Å². The molecule has 0 aliphatic carbocycles. The Morgan fingerprint density at radius 3 is 2.91 bits per heavy atom.